The maximum absolute atomic E-state index is 14.6. The first-order valence-electron chi connectivity index (χ1n) is 10.5. The summed E-state index contributed by atoms with van der Waals surface area (Å²) in [6, 6.07) is 6.92. The Morgan fingerprint density at radius 3 is 2.94 bits per heavy atom. The third kappa shape index (κ3) is 4.18. The first-order chi connectivity index (χ1) is 14.8. The quantitative estimate of drug-likeness (QED) is 0.630. The van der Waals surface area contributed by atoms with Crippen molar-refractivity contribution >= 4 is 23.2 Å². The fourth-order valence-electron chi connectivity index (χ4n) is 4.08. The molecule has 0 bridgehead atoms. The topological polar surface area (TPSA) is 91.8 Å². The van der Waals surface area contributed by atoms with Gasteiger partial charge >= 0.3 is 0 Å². The summed E-state index contributed by atoms with van der Waals surface area (Å²) in [5, 5.41) is 7.10. The van der Waals surface area contributed by atoms with Gasteiger partial charge in [-0.1, -0.05) is 17.7 Å². The number of halogens is 1. The van der Waals surface area contributed by atoms with E-state index in [-0.39, 0.29) is 29.1 Å². The van der Waals surface area contributed by atoms with E-state index >= 15 is 0 Å². The minimum atomic E-state index is -0.304. The van der Waals surface area contributed by atoms with E-state index in [1.54, 1.807) is 12.3 Å². The van der Waals surface area contributed by atoms with Crippen LogP contribution in [0.1, 0.15) is 40.4 Å². The van der Waals surface area contributed by atoms with Gasteiger partial charge in [-0.05, 0) is 46.0 Å². The predicted octanol–water partition coefficient (Wildman–Crippen LogP) is 2.39. The second-order valence-electron chi connectivity index (χ2n) is 8.25. The molecule has 1 aromatic carbocycles. The van der Waals surface area contributed by atoms with Gasteiger partial charge in [0.1, 0.15) is 17.2 Å². The summed E-state index contributed by atoms with van der Waals surface area (Å²) >= 11 is 0. The van der Waals surface area contributed by atoms with Crippen molar-refractivity contribution < 1.29 is 9.18 Å². The molecular formula is C22H28FN7O. The van der Waals surface area contributed by atoms with Crippen LogP contribution in [-0.4, -0.2) is 59.1 Å². The van der Waals surface area contributed by atoms with Crippen molar-refractivity contribution in [2.45, 2.75) is 25.8 Å². The van der Waals surface area contributed by atoms with Crippen molar-refractivity contribution in [1.29, 1.82) is 0 Å². The molecule has 0 unspecified atom stereocenters. The Hall–Kier alpha value is -3.20. The van der Waals surface area contributed by atoms with Gasteiger partial charge in [0.25, 0.3) is 5.91 Å². The maximum atomic E-state index is 14.6. The van der Waals surface area contributed by atoms with Crippen molar-refractivity contribution in [1.82, 2.24) is 24.8 Å². The lowest BCUT2D eigenvalue weighted by molar-refractivity contribution is 0.0953. The van der Waals surface area contributed by atoms with E-state index in [2.05, 4.69) is 15.3 Å². The van der Waals surface area contributed by atoms with Crippen LogP contribution in [0.15, 0.2) is 30.5 Å². The number of amides is 1. The minimum Gasteiger partial charge on any atom is -0.381 e. The molecule has 3 N–H and O–H groups in total. The number of nitrogens with zero attached hydrogens (tertiary/aromatic N) is 5. The number of anilines is 2. The molecule has 164 valence electrons. The minimum absolute atomic E-state index is 0.104. The molecule has 1 aliphatic rings. The third-order valence-electron chi connectivity index (χ3n) is 5.63. The Kier molecular flexibility index (Phi) is 5.77. The van der Waals surface area contributed by atoms with Crippen LogP contribution in [0.2, 0.25) is 0 Å². The first kappa shape index (κ1) is 21.0. The fourth-order valence-corrected chi connectivity index (χ4v) is 4.08. The number of rotatable bonds is 6. The van der Waals surface area contributed by atoms with Gasteiger partial charge in [-0.2, -0.15) is 0 Å². The van der Waals surface area contributed by atoms with E-state index in [4.69, 9.17) is 10.7 Å². The van der Waals surface area contributed by atoms with Gasteiger partial charge in [0, 0.05) is 31.4 Å². The van der Waals surface area contributed by atoms with E-state index in [9.17, 15) is 9.18 Å². The Morgan fingerprint density at radius 1 is 1.35 bits per heavy atom. The number of hydrogen-bond donors (Lipinski definition) is 2. The van der Waals surface area contributed by atoms with Crippen LogP contribution >= 0.6 is 0 Å². The lowest BCUT2D eigenvalue weighted by Crippen LogP contribution is -2.31. The van der Waals surface area contributed by atoms with E-state index < -0.39 is 0 Å². The number of nitrogens with one attached hydrogen (secondary N) is 1. The highest BCUT2D eigenvalue weighted by molar-refractivity contribution is 6.04. The monoisotopic (exact) mass is 425 g/mol. The lowest BCUT2D eigenvalue weighted by atomic mass is 10.0. The van der Waals surface area contributed by atoms with Gasteiger partial charge in [-0.3, -0.25) is 4.79 Å². The number of likely N-dealkylation sites (N-methyl/N-ethyl adjacent to an activating group) is 1. The molecule has 4 rings (SSSR count). The number of benzene rings is 1. The van der Waals surface area contributed by atoms with Crippen LogP contribution < -0.4 is 16.0 Å². The second kappa shape index (κ2) is 8.50. The van der Waals surface area contributed by atoms with Gasteiger partial charge in [-0.25, -0.2) is 13.9 Å². The average molecular weight is 426 g/mol. The number of fused-ring (bicyclic) bond motifs is 1. The summed E-state index contributed by atoms with van der Waals surface area (Å²) in [6.45, 7) is 3.92. The van der Waals surface area contributed by atoms with E-state index in [0.717, 1.165) is 24.9 Å². The SMILES string of the molecule is Cc1ccc(F)c([C@H]2CCCN2c2ccn3nc(N)c(C(=O)NCCN(C)C)c3n2)c1. The third-order valence-corrected chi connectivity index (χ3v) is 5.63. The predicted molar refractivity (Wildman–Crippen MR) is 119 cm³/mol. The molecule has 0 saturated carbocycles. The summed E-state index contributed by atoms with van der Waals surface area (Å²) in [5.74, 6) is 0.299. The Morgan fingerprint density at radius 2 is 2.16 bits per heavy atom. The number of nitrogen functional groups attached to an aromatic ring is 1. The molecule has 0 spiro atoms. The second-order valence-corrected chi connectivity index (χ2v) is 8.25. The highest BCUT2D eigenvalue weighted by atomic mass is 19.1. The molecule has 1 saturated heterocycles. The Bertz CT molecular complexity index is 1110. The van der Waals surface area contributed by atoms with Crippen LogP contribution in [0.3, 0.4) is 0 Å². The van der Waals surface area contributed by atoms with Crippen molar-refractivity contribution in [2.75, 3.05) is 44.4 Å². The number of aromatic nitrogens is 3. The number of aryl methyl sites for hydroxylation is 1. The first-order valence-corrected chi connectivity index (χ1v) is 10.5. The smallest absolute Gasteiger partial charge is 0.259 e. The molecule has 3 aromatic rings. The van der Waals surface area contributed by atoms with E-state index in [1.165, 1.54) is 10.6 Å². The molecule has 0 aliphatic carbocycles. The molecule has 1 aliphatic heterocycles. The lowest BCUT2D eigenvalue weighted by Gasteiger charge is -2.26. The average Bonchev–Trinajstić information content (AvgIpc) is 3.32. The van der Waals surface area contributed by atoms with E-state index in [0.29, 0.717) is 30.1 Å². The fraction of sp³-hybridized carbons (Fsp3) is 0.409. The molecule has 8 nitrogen and oxygen atoms in total. The van der Waals surface area contributed by atoms with Crippen molar-refractivity contribution in [3.8, 4) is 0 Å². The Labute approximate surface area is 180 Å². The summed E-state index contributed by atoms with van der Waals surface area (Å²) < 4.78 is 16.1. The number of nitrogens with two attached hydrogens (primary N) is 1. The molecular weight excluding hydrogens is 397 g/mol. The standard InChI is InChI=1S/C22H28FN7O/c1-14-6-7-16(23)15(13-14)17-5-4-10-29(17)18-8-11-30-21(26-18)19(20(24)27-30)22(31)25-9-12-28(2)3/h6-8,11,13,17H,4-5,9-10,12H2,1-3H3,(H2,24,27)(H,25,31)/t17-/m1/s1. The largest absolute Gasteiger partial charge is 0.381 e. The van der Waals surface area contributed by atoms with Crippen molar-refractivity contribution in [3.05, 3.63) is 53.0 Å². The highest BCUT2D eigenvalue weighted by Crippen LogP contribution is 2.37. The zero-order valence-electron chi connectivity index (χ0n) is 18.1. The van der Waals surface area contributed by atoms with Crippen LogP contribution in [0.25, 0.3) is 5.65 Å². The normalized spacial score (nSPS) is 16.4. The summed E-state index contributed by atoms with van der Waals surface area (Å²) in [7, 11) is 3.88. The summed E-state index contributed by atoms with van der Waals surface area (Å²) in [4.78, 5) is 21.6. The number of hydrogen-bond acceptors (Lipinski definition) is 6. The molecule has 1 atom stereocenters. The zero-order valence-corrected chi connectivity index (χ0v) is 18.1. The van der Waals surface area contributed by atoms with Crippen LogP contribution in [0.5, 0.6) is 0 Å². The van der Waals surface area contributed by atoms with Gasteiger partial charge in [0.2, 0.25) is 0 Å². The summed E-state index contributed by atoms with van der Waals surface area (Å²) in [6.07, 6.45) is 3.52. The van der Waals surface area contributed by atoms with Crippen LogP contribution in [0.4, 0.5) is 16.0 Å². The van der Waals surface area contributed by atoms with Gasteiger partial charge in [0.15, 0.2) is 11.5 Å². The van der Waals surface area contributed by atoms with Gasteiger partial charge in [-0.15, -0.1) is 5.10 Å². The van der Waals surface area contributed by atoms with Crippen molar-refractivity contribution in [3.63, 3.8) is 0 Å². The molecule has 3 heterocycles. The maximum Gasteiger partial charge on any atom is 0.259 e. The molecule has 0 radical (unpaired) electrons. The highest BCUT2D eigenvalue weighted by Gasteiger charge is 2.30. The molecule has 1 fully saturated rings. The number of carbonyl (C=O) groups is 1. The molecule has 31 heavy (non-hydrogen) atoms. The molecule has 2 aromatic heterocycles. The van der Waals surface area contributed by atoms with E-state index in [1.807, 2.05) is 38.1 Å². The van der Waals surface area contributed by atoms with Gasteiger partial charge < -0.3 is 20.9 Å². The number of carbonyl (C=O) groups excluding carboxylic acids is 1. The van der Waals surface area contributed by atoms with Crippen LogP contribution in [0, 0.1) is 12.7 Å². The van der Waals surface area contributed by atoms with Crippen LogP contribution in [-0.2, 0) is 0 Å². The Balaban J connectivity index is 1.67. The molecule has 9 heteroatoms. The van der Waals surface area contributed by atoms with Gasteiger partial charge in [0.05, 0.1) is 6.04 Å². The zero-order chi connectivity index (χ0) is 22.1. The van der Waals surface area contributed by atoms with Crippen molar-refractivity contribution in [2.24, 2.45) is 0 Å². The molecule has 1 amide bonds. The summed E-state index contributed by atoms with van der Waals surface area (Å²) in [5.41, 5.74) is 8.39.